The minimum absolute atomic E-state index is 0.0396. The molecule has 0 aliphatic carbocycles. The van der Waals surface area contributed by atoms with E-state index in [0.29, 0.717) is 17.7 Å². The maximum Gasteiger partial charge on any atom is 0.141 e. The highest BCUT2D eigenvalue weighted by Crippen LogP contribution is 2.17. The lowest BCUT2D eigenvalue weighted by Crippen LogP contribution is -2.06. The first-order chi connectivity index (χ1) is 9.04. The first-order valence-corrected chi connectivity index (χ1v) is 6.22. The minimum Gasteiger partial charge on any atom is -0.399 e. The molecule has 2 aromatic carbocycles. The third kappa shape index (κ3) is 3.80. The molecule has 2 aromatic rings. The SMILES string of the molecule is Nc1ccc(CC(=O)Cc2ccc(F)c(Cl)c2)cc1. The molecule has 0 radical (unpaired) electrons. The first kappa shape index (κ1) is 13.6. The maximum atomic E-state index is 13.0. The molecule has 0 fully saturated rings. The second kappa shape index (κ2) is 5.85. The van der Waals surface area contributed by atoms with Crippen LogP contribution in [0.1, 0.15) is 11.1 Å². The Hall–Kier alpha value is -1.87. The average molecular weight is 278 g/mol. The first-order valence-electron chi connectivity index (χ1n) is 5.84. The van der Waals surface area contributed by atoms with Crippen molar-refractivity contribution >= 4 is 23.1 Å². The van der Waals surface area contributed by atoms with Gasteiger partial charge >= 0.3 is 0 Å². The Bertz CT molecular complexity index is 596. The number of ketones is 1. The van der Waals surface area contributed by atoms with E-state index in [1.807, 2.05) is 12.1 Å². The Balaban J connectivity index is 2.01. The van der Waals surface area contributed by atoms with Crippen LogP contribution in [0.15, 0.2) is 42.5 Å². The lowest BCUT2D eigenvalue weighted by molar-refractivity contribution is -0.117. The van der Waals surface area contributed by atoms with Gasteiger partial charge in [-0.15, -0.1) is 0 Å². The maximum absolute atomic E-state index is 13.0. The number of halogens is 2. The van der Waals surface area contributed by atoms with Crippen molar-refractivity contribution in [2.24, 2.45) is 0 Å². The number of carbonyl (C=O) groups excluding carboxylic acids is 1. The Kier molecular flexibility index (Phi) is 4.17. The second-order valence-corrected chi connectivity index (χ2v) is 4.79. The van der Waals surface area contributed by atoms with Crippen molar-refractivity contribution in [3.05, 3.63) is 64.4 Å². The molecule has 0 unspecified atom stereocenters. The van der Waals surface area contributed by atoms with E-state index in [2.05, 4.69) is 0 Å². The zero-order valence-electron chi connectivity index (χ0n) is 10.2. The van der Waals surface area contributed by atoms with Crippen LogP contribution in [0.25, 0.3) is 0 Å². The summed E-state index contributed by atoms with van der Waals surface area (Å²) in [5, 5.41) is 0.0396. The van der Waals surface area contributed by atoms with E-state index in [4.69, 9.17) is 17.3 Å². The Labute approximate surface area is 116 Å². The number of nitrogens with two attached hydrogens (primary N) is 1. The molecule has 0 atom stereocenters. The van der Waals surface area contributed by atoms with Crippen molar-refractivity contribution < 1.29 is 9.18 Å². The quantitative estimate of drug-likeness (QED) is 0.870. The number of carbonyl (C=O) groups is 1. The van der Waals surface area contributed by atoms with E-state index in [-0.39, 0.29) is 17.2 Å². The lowest BCUT2D eigenvalue weighted by atomic mass is 10.0. The number of Topliss-reactive ketones (excluding diaryl/α,β-unsaturated/α-hetero) is 1. The van der Waals surface area contributed by atoms with Crippen LogP contribution in [-0.4, -0.2) is 5.78 Å². The van der Waals surface area contributed by atoms with E-state index < -0.39 is 5.82 Å². The summed E-state index contributed by atoms with van der Waals surface area (Å²) in [5.74, 6) is -0.427. The Morgan fingerprint density at radius 2 is 1.63 bits per heavy atom. The van der Waals surface area contributed by atoms with Gasteiger partial charge in [0, 0.05) is 18.5 Å². The highest BCUT2D eigenvalue weighted by Gasteiger charge is 2.07. The van der Waals surface area contributed by atoms with Crippen molar-refractivity contribution in [1.82, 2.24) is 0 Å². The summed E-state index contributed by atoms with van der Waals surface area (Å²) in [5.41, 5.74) is 7.87. The monoisotopic (exact) mass is 277 g/mol. The number of rotatable bonds is 4. The van der Waals surface area contributed by atoms with Gasteiger partial charge in [0.1, 0.15) is 11.6 Å². The van der Waals surface area contributed by atoms with E-state index >= 15 is 0 Å². The van der Waals surface area contributed by atoms with E-state index in [0.717, 1.165) is 5.56 Å². The molecule has 98 valence electrons. The summed E-state index contributed by atoms with van der Waals surface area (Å²) in [4.78, 5) is 11.9. The highest BCUT2D eigenvalue weighted by molar-refractivity contribution is 6.30. The van der Waals surface area contributed by atoms with Crippen molar-refractivity contribution in [1.29, 1.82) is 0 Å². The van der Waals surface area contributed by atoms with Crippen LogP contribution in [0.4, 0.5) is 10.1 Å². The van der Waals surface area contributed by atoms with Crippen LogP contribution in [0, 0.1) is 5.82 Å². The van der Waals surface area contributed by atoms with E-state index in [1.165, 1.54) is 12.1 Å². The molecule has 0 aromatic heterocycles. The molecule has 0 aliphatic heterocycles. The molecule has 19 heavy (non-hydrogen) atoms. The standard InChI is InChI=1S/C15H13ClFNO/c16-14-9-11(3-6-15(14)17)8-13(19)7-10-1-4-12(18)5-2-10/h1-6,9H,7-8,18H2. The summed E-state index contributed by atoms with van der Waals surface area (Å²) in [6, 6.07) is 11.5. The molecule has 0 heterocycles. The van der Waals surface area contributed by atoms with Crippen molar-refractivity contribution in [2.75, 3.05) is 5.73 Å². The van der Waals surface area contributed by atoms with Gasteiger partial charge in [0.2, 0.25) is 0 Å². The summed E-state index contributed by atoms with van der Waals surface area (Å²) >= 11 is 5.67. The molecule has 0 amide bonds. The van der Waals surface area contributed by atoms with Gasteiger partial charge in [-0.25, -0.2) is 4.39 Å². The molecule has 2 N–H and O–H groups in total. The van der Waals surface area contributed by atoms with Crippen molar-refractivity contribution in [3.63, 3.8) is 0 Å². The van der Waals surface area contributed by atoms with Crippen LogP contribution < -0.4 is 5.73 Å². The molecule has 0 saturated carbocycles. The van der Waals surface area contributed by atoms with Gasteiger partial charge in [0.15, 0.2) is 0 Å². The third-order valence-corrected chi connectivity index (χ3v) is 3.06. The summed E-state index contributed by atoms with van der Waals surface area (Å²) in [7, 11) is 0. The minimum atomic E-state index is -0.476. The largest absolute Gasteiger partial charge is 0.399 e. The number of hydrogen-bond acceptors (Lipinski definition) is 2. The molecule has 0 bridgehead atoms. The predicted molar refractivity (Wildman–Crippen MR) is 74.7 cm³/mol. The third-order valence-electron chi connectivity index (χ3n) is 2.77. The molecule has 2 rings (SSSR count). The molecule has 0 spiro atoms. The van der Waals surface area contributed by atoms with E-state index in [9.17, 15) is 9.18 Å². The van der Waals surface area contributed by atoms with Crippen molar-refractivity contribution in [3.8, 4) is 0 Å². The molecule has 4 heteroatoms. The highest BCUT2D eigenvalue weighted by atomic mass is 35.5. The topological polar surface area (TPSA) is 43.1 Å². The number of hydrogen-bond donors (Lipinski definition) is 1. The van der Waals surface area contributed by atoms with Gasteiger partial charge in [0.05, 0.1) is 5.02 Å². The van der Waals surface area contributed by atoms with Crippen LogP contribution in [0.5, 0.6) is 0 Å². The normalized spacial score (nSPS) is 10.4. The van der Waals surface area contributed by atoms with Gasteiger partial charge < -0.3 is 5.73 Å². The molecular weight excluding hydrogens is 265 g/mol. The van der Waals surface area contributed by atoms with Crippen LogP contribution >= 0.6 is 11.6 Å². The van der Waals surface area contributed by atoms with Gasteiger partial charge in [-0.1, -0.05) is 29.8 Å². The van der Waals surface area contributed by atoms with E-state index in [1.54, 1.807) is 18.2 Å². The Morgan fingerprint density at radius 1 is 1.05 bits per heavy atom. The lowest BCUT2D eigenvalue weighted by Gasteiger charge is -2.03. The van der Waals surface area contributed by atoms with Crippen LogP contribution in [-0.2, 0) is 17.6 Å². The average Bonchev–Trinajstić information content (AvgIpc) is 2.37. The van der Waals surface area contributed by atoms with Gasteiger partial charge in [-0.3, -0.25) is 4.79 Å². The van der Waals surface area contributed by atoms with Gasteiger partial charge in [-0.05, 0) is 35.4 Å². The molecule has 0 aliphatic rings. The molecule has 2 nitrogen and oxygen atoms in total. The summed E-state index contributed by atoms with van der Waals surface area (Å²) in [6.45, 7) is 0. The zero-order valence-corrected chi connectivity index (χ0v) is 11.0. The van der Waals surface area contributed by atoms with Gasteiger partial charge in [-0.2, -0.15) is 0 Å². The number of benzene rings is 2. The van der Waals surface area contributed by atoms with Crippen LogP contribution in [0.2, 0.25) is 5.02 Å². The predicted octanol–water partition coefficient (Wildman–Crippen LogP) is 3.42. The fourth-order valence-electron chi connectivity index (χ4n) is 1.80. The van der Waals surface area contributed by atoms with Crippen LogP contribution in [0.3, 0.4) is 0 Å². The number of anilines is 1. The fourth-order valence-corrected chi connectivity index (χ4v) is 2.01. The summed E-state index contributed by atoms with van der Waals surface area (Å²) < 4.78 is 13.0. The molecule has 0 saturated heterocycles. The van der Waals surface area contributed by atoms with Crippen molar-refractivity contribution in [2.45, 2.75) is 12.8 Å². The Morgan fingerprint density at radius 3 is 2.26 bits per heavy atom. The van der Waals surface area contributed by atoms with Gasteiger partial charge in [0.25, 0.3) is 0 Å². The fraction of sp³-hybridized carbons (Fsp3) is 0.133. The number of nitrogen functional groups attached to an aromatic ring is 1. The smallest absolute Gasteiger partial charge is 0.141 e. The summed E-state index contributed by atoms with van der Waals surface area (Å²) in [6.07, 6.45) is 0.569. The zero-order chi connectivity index (χ0) is 13.8. The molecular formula is C15H13ClFNO. The second-order valence-electron chi connectivity index (χ2n) is 4.38.